The highest BCUT2D eigenvalue weighted by molar-refractivity contribution is 7.92. The molecular formula is C21H26N2O4S. The number of methoxy groups -OCH3 is 1. The second kappa shape index (κ2) is 8.22. The van der Waals surface area contributed by atoms with Gasteiger partial charge in [-0.15, -0.1) is 0 Å². The maximum Gasteiger partial charge on any atom is 0.265 e. The molecule has 1 atom stereocenters. The number of aryl methyl sites for hydroxylation is 1. The van der Waals surface area contributed by atoms with Gasteiger partial charge in [-0.25, -0.2) is 8.42 Å². The number of nitrogens with zero attached hydrogens (tertiary/aromatic N) is 1. The van der Waals surface area contributed by atoms with Gasteiger partial charge in [0.1, 0.15) is 10.6 Å². The fraction of sp³-hybridized carbons (Fsp3) is 0.381. The molecule has 1 aliphatic rings. The number of rotatable bonds is 5. The summed E-state index contributed by atoms with van der Waals surface area (Å²) in [5, 5.41) is 0. The van der Waals surface area contributed by atoms with Crippen LogP contribution in [0.5, 0.6) is 5.75 Å². The van der Waals surface area contributed by atoms with Gasteiger partial charge in [0.25, 0.3) is 15.9 Å². The van der Waals surface area contributed by atoms with Gasteiger partial charge in [0, 0.05) is 23.8 Å². The third-order valence-electron chi connectivity index (χ3n) is 5.07. The topological polar surface area (TPSA) is 75.7 Å². The van der Waals surface area contributed by atoms with Crippen molar-refractivity contribution in [2.24, 2.45) is 0 Å². The van der Waals surface area contributed by atoms with E-state index in [-0.39, 0.29) is 22.6 Å². The maximum absolute atomic E-state index is 13.0. The van der Waals surface area contributed by atoms with Gasteiger partial charge in [0.2, 0.25) is 0 Å². The predicted molar refractivity (Wildman–Crippen MR) is 109 cm³/mol. The molecule has 0 saturated carbocycles. The third-order valence-corrected chi connectivity index (χ3v) is 6.47. The fourth-order valence-corrected chi connectivity index (χ4v) is 4.67. The Hall–Kier alpha value is -2.54. The number of nitrogens with one attached hydrogen (secondary N) is 1. The van der Waals surface area contributed by atoms with Crippen LogP contribution in [-0.2, 0) is 10.0 Å². The predicted octanol–water partition coefficient (Wildman–Crippen LogP) is 3.82. The molecule has 0 spiro atoms. The number of hydrogen-bond donors (Lipinski definition) is 1. The van der Waals surface area contributed by atoms with Crippen LogP contribution in [-0.4, -0.2) is 38.9 Å². The first-order chi connectivity index (χ1) is 13.3. The standard InChI is InChI=1S/C21H26N2O4S/c1-15-7-10-18(11-8-15)22-28(25,26)20-14-17(9-12-19(20)27-3)21(24)23-13-5-4-6-16(23)2/h7-12,14,16,22H,4-6,13H2,1-3H3/t16-/m1/s1. The van der Waals surface area contributed by atoms with E-state index in [0.717, 1.165) is 24.8 Å². The van der Waals surface area contributed by atoms with Crippen molar-refractivity contribution in [1.29, 1.82) is 0 Å². The number of ether oxygens (including phenoxy) is 1. The Labute approximate surface area is 166 Å². The number of benzene rings is 2. The van der Waals surface area contributed by atoms with Gasteiger partial charge < -0.3 is 9.64 Å². The van der Waals surface area contributed by atoms with Gasteiger partial charge in [0.05, 0.1) is 7.11 Å². The molecule has 0 unspecified atom stereocenters. The summed E-state index contributed by atoms with van der Waals surface area (Å²) >= 11 is 0. The van der Waals surface area contributed by atoms with Crippen molar-refractivity contribution in [2.75, 3.05) is 18.4 Å². The molecule has 1 N–H and O–H groups in total. The van der Waals surface area contributed by atoms with Crippen LogP contribution in [0.2, 0.25) is 0 Å². The summed E-state index contributed by atoms with van der Waals surface area (Å²) in [5.74, 6) is 0.0458. The smallest absolute Gasteiger partial charge is 0.265 e. The van der Waals surface area contributed by atoms with Crippen molar-refractivity contribution in [3.05, 3.63) is 53.6 Å². The number of carbonyl (C=O) groups is 1. The van der Waals surface area contributed by atoms with Crippen LogP contribution in [0.25, 0.3) is 0 Å². The Morgan fingerprint density at radius 2 is 1.86 bits per heavy atom. The minimum Gasteiger partial charge on any atom is -0.495 e. The van der Waals surface area contributed by atoms with E-state index >= 15 is 0 Å². The van der Waals surface area contributed by atoms with Crippen molar-refractivity contribution in [3.63, 3.8) is 0 Å². The molecule has 6 nitrogen and oxygen atoms in total. The summed E-state index contributed by atoms with van der Waals surface area (Å²) in [5.41, 5.74) is 1.83. The highest BCUT2D eigenvalue weighted by Gasteiger charge is 2.27. The van der Waals surface area contributed by atoms with Crippen LogP contribution in [0.15, 0.2) is 47.4 Å². The number of piperidine rings is 1. The van der Waals surface area contributed by atoms with Gasteiger partial charge in [-0.2, -0.15) is 0 Å². The minimum atomic E-state index is -3.91. The van der Waals surface area contributed by atoms with Crippen molar-refractivity contribution >= 4 is 21.6 Å². The molecule has 1 saturated heterocycles. The average molecular weight is 403 g/mol. The number of hydrogen-bond acceptors (Lipinski definition) is 4. The molecule has 0 bridgehead atoms. The lowest BCUT2D eigenvalue weighted by molar-refractivity contribution is 0.0635. The van der Waals surface area contributed by atoms with E-state index in [4.69, 9.17) is 4.74 Å². The van der Waals surface area contributed by atoms with Crippen LogP contribution in [0.4, 0.5) is 5.69 Å². The third kappa shape index (κ3) is 4.30. The van der Waals surface area contributed by atoms with Gasteiger partial charge in [-0.3, -0.25) is 9.52 Å². The first kappa shape index (κ1) is 20.2. The first-order valence-electron chi connectivity index (χ1n) is 9.40. The van der Waals surface area contributed by atoms with Crippen molar-refractivity contribution < 1.29 is 17.9 Å². The lowest BCUT2D eigenvalue weighted by atomic mass is 10.0. The van der Waals surface area contributed by atoms with Crippen LogP contribution in [0.3, 0.4) is 0 Å². The highest BCUT2D eigenvalue weighted by Crippen LogP contribution is 2.28. The Kier molecular flexibility index (Phi) is 5.93. The average Bonchev–Trinajstić information content (AvgIpc) is 2.69. The number of anilines is 1. The molecule has 2 aromatic carbocycles. The van der Waals surface area contributed by atoms with Gasteiger partial charge >= 0.3 is 0 Å². The van der Waals surface area contributed by atoms with E-state index in [0.29, 0.717) is 17.8 Å². The second-order valence-corrected chi connectivity index (χ2v) is 8.83. The number of sulfonamides is 1. The molecule has 2 aromatic rings. The Morgan fingerprint density at radius 1 is 1.14 bits per heavy atom. The molecule has 28 heavy (non-hydrogen) atoms. The second-order valence-electron chi connectivity index (χ2n) is 7.18. The highest BCUT2D eigenvalue weighted by atomic mass is 32.2. The van der Waals surface area contributed by atoms with Crippen LogP contribution in [0, 0.1) is 6.92 Å². The first-order valence-corrected chi connectivity index (χ1v) is 10.9. The Balaban J connectivity index is 1.94. The fourth-order valence-electron chi connectivity index (χ4n) is 3.42. The summed E-state index contributed by atoms with van der Waals surface area (Å²) in [7, 11) is -2.50. The summed E-state index contributed by atoms with van der Waals surface area (Å²) in [6, 6.07) is 11.7. The van der Waals surface area contributed by atoms with E-state index in [1.165, 1.54) is 19.2 Å². The Bertz CT molecular complexity index is 955. The van der Waals surface area contributed by atoms with Crippen LogP contribution < -0.4 is 9.46 Å². The van der Waals surface area contributed by atoms with Crippen molar-refractivity contribution in [3.8, 4) is 5.75 Å². The molecule has 1 aliphatic heterocycles. The van der Waals surface area contributed by atoms with E-state index in [1.54, 1.807) is 18.2 Å². The van der Waals surface area contributed by atoms with Crippen LogP contribution >= 0.6 is 0 Å². The zero-order valence-corrected chi connectivity index (χ0v) is 17.3. The summed E-state index contributed by atoms with van der Waals surface area (Å²) in [6.45, 7) is 4.64. The molecule has 1 fully saturated rings. The molecule has 150 valence electrons. The summed E-state index contributed by atoms with van der Waals surface area (Å²) in [6.07, 6.45) is 3.03. The lowest BCUT2D eigenvalue weighted by Crippen LogP contribution is -2.42. The monoisotopic (exact) mass is 402 g/mol. The molecule has 1 amide bonds. The normalized spacial score (nSPS) is 17.2. The molecule has 0 aromatic heterocycles. The number of amides is 1. The molecular weight excluding hydrogens is 376 g/mol. The minimum absolute atomic E-state index is 0.0499. The molecule has 0 radical (unpaired) electrons. The molecule has 0 aliphatic carbocycles. The van der Waals surface area contributed by atoms with E-state index in [2.05, 4.69) is 4.72 Å². The van der Waals surface area contributed by atoms with E-state index in [9.17, 15) is 13.2 Å². The summed E-state index contributed by atoms with van der Waals surface area (Å²) < 4.78 is 33.7. The van der Waals surface area contributed by atoms with Gasteiger partial charge in [0.15, 0.2) is 0 Å². The Morgan fingerprint density at radius 3 is 2.50 bits per heavy atom. The van der Waals surface area contributed by atoms with Crippen molar-refractivity contribution in [2.45, 2.75) is 44.0 Å². The lowest BCUT2D eigenvalue weighted by Gasteiger charge is -2.33. The van der Waals surface area contributed by atoms with Gasteiger partial charge in [-0.1, -0.05) is 17.7 Å². The SMILES string of the molecule is COc1ccc(C(=O)N2CCCC[C@H]2C)cc1S(=O)(=O)Nc1ccc(C)cc1. The van der Waals surface area contributed by atoms with E-state index in [1.807, 2.05) is 30.9 Å². The van der Waals surface area contributed by atoms with Crippen molar-refractivity contribution in [1.82, 2.24) is 4.90 Å². The zero-order chi connectivity index (χ0) is 20.3. The molecule has 1 heterocycles. The van der Waals surface area contributed by atoms with Crippen LogP contribution in [0.1, 0.15) is 42.1 Å². The van der Waals surface area contributed by atoms with Gasteiger partial charge in [-0.05, 0) is 63.4 Å². The molecule has 3 rings (SSSR count). The molecule has 7 heteroatoms. The van der Waals surface area contributed by atoms with E-state index < -0.39 is 10.0 Å². The zero-order valence-electron chi connectivity index (χ0n) is 16.4. The largest absolute Gasteiger partial charge is 0.495 e. The number of carbonyl (C=O) groups excluding carboxylic acids is 1. The maximum atomic E-state index is 13.0. The number of likely N-dealkylation sites (tertiary alicyclic amines) is 1. The quantitative estimate of drug-likeness (QED) is 0.825. The summed E-state index contributed by atoms with van der Waals surface area (Å²) in [4.78, 5) is 14.7.